The van der Waals surface area contributed by atoms with E-state index in [1.54, 1.807) is 18.2 Å². The molecular formula is C21H17FN2O5S2. The van der Waals surface area contributed by atoms with Crippen LogP contribution >= 0.6 is 24.0 Å². The summed E-state index contributed by atoms with van der Waals surface area (Å²) in [6, 6.07) is 9.34. The van der Waals surface area contributed by atoms with Crippen molar-refractivity contribution in [2.45, 2.75) is 12.8 Å². The maximum Gasteiger partial charge on any atom is 0.337 e. The number of carbonyl (C=O) groups is 3. The summed E-state index contributed by atoms with van der Waals surface area (Å²) >= 11 is 6.39. The molecule has 0 aromatic heterocycles. The predicted octanol–water partition coefficient (Wildman–Crippen LogP) is 3.85. The number of amides is 2. The molecule has 1 fully saturated rings. The van der Waals surface area contributed by atoms with Crippen LogP contribution in [0.1, 0.15) is 28.8 Å². The molecule has 0 atom stereocenters. The second kappa shape index (κ2) is 9.71. The molecule has 10 heteroatoms. The number of carbonyl (C=O) groups excluding carboxylic acids is 2. The van der Waals surface area contributed by atoms with E-state index < -0.39 is 11.9 Å². The summed E-state index contributed by atoms with van der Waals surface area (Å²) in [6.45, 7) is 0.222. The largest absolute Gasteiger partial charge is 0.508 e. The highest BCUT2D eigenvalue weighted by Crippen LogP contribution is 2.32. The summed E-state index contributed by atoms with van der Waals surface area (Å²) in [5.41, 5.74) is 0.517. The molecule has 1 heterocycles. The molecule has 160 valence electrons. The number of phenolic OH excluding ortho intramolecular Hbond substituents is 1. The molecule has 1 aliphatic rings. The molecule has 2 amide bonds. The Hall–Kier alpha value is -3.24. The lowest BCUT2D eigenvalue weighted by Crippen LogP contribution is -2.29. The number of aromatic carboxylic acids is 1. The normalized spacial score (nSPS) is 14.9. The monoisotopic (exact) mass is 460 g/mol. The number of halogens is 1. The molecule has 0 radical (unpaired) electrons. The predicted molar refractivity (Wildman–Crippen MR) is 119 cm³/mol. The number of nitrogens with zero attached hydrogens (tertiary/aromatic N) is 1. The van der Waals surface area contributed by atoms with Crippen LogP contribution in [0.5, 0.6) is 5.75 Å². The summed E-state index contributed by atoms with van der Waals surface area (Å²) < 4.78 is 13.4. The van der Waals surface area contributed by atoms with Crippen LogP contribution in [0.15, 0.2) is 47.4 Å². The third-order valence-electron chi connectivity index (χ3n) is 4.33. The van der Waals surface area contributed by atoms with Crippen molar-refractivity contribution in [2.75, 3.05) is 11.9 Å². The van der Waals surface area contributed by atoms with Crippen LogP contribution in [0.4, 0.5) is 10.1 Å². The van der Waals surface area contributed by atoms with Gasteiger partial charge in [-0.05, 0) is 48.4 Å². The van der Waals surface area contributed by atoms with E-state index in [0.717, 1.165) is 17.8 Å². The Morgan fingerprint density at radius 1 is 1.19 bits per heavy atom. The third-order valence-corrected chi connectivity index (χ3v) is 5.71. The van der Waals surface area contributed by atoms with Crippen molar-refractivity contribution in [3.05, 3.63) is 64.3 Å². The van der Waals surface area contributed by atoms with Crippen molar-refractivity contribution in [1.82, 2.24) is 4.90 Å². The van der Waals surface area contributed by atoms with Gasteiger partial charge in [0.25, 0.3) is 5.91 Å². The minimum absolute atomic E-state index is 0.0357. The van der Waals surface area contributed by atoms with Gasteiger partial charge in [0.1, 0.15) is 15.9 Å². The minimum Gasteiger partial charge on any atom is -0.508 e. The molecule has 2 aromatic carbocycles. The molecule has 0 bridgehead atoms. The Morgan fingerprint density at radius 3 is 2.58 bits per heavy atom. The number of rotatable bonds is 7. The first kappa shape index (κ1) is 22.4. The highest BCUT2D eigenvalue weighted by Gasteiger charge is 2.31. The average molecular weight is 461 g/mol. The van der Waals surface area contributed by atoms with Gasteiger partial charge in [0.2, 0.25) is 5.91 Å². The van der Waals surface area contributed by atoms with Crippen molar-refractivity contribution < 1.29 is 29.0 Å². The van der Waals surface area contributed by atoms with E-state index in [9.17, 15) is 29.0 Å². The van der Waals surface area contributed by atoms with E-state index in [2.05, 4.69) is 5.32 Å². The zero-order valence-electron chi connectivity index (χ0n) is 16.0. The number of carboxylic acid groups (broad SMARTS) is 1. The summed E-state index contributed by atoms with van der Waals surface area (Å²) in [6.07, 6.45) is 1.97. The second-order valence-electron chi connectivity index (χ2n) is 6.57. The fourth-order valence-electron chi connectivity index (χ4n) is 2.83. The SMILES string of the molecule is O=C(CCCN1C(=O)C(=Cc2ccc(F)cc2)SC1=S)Nc1ccc(O)cc1C(=O)O. The molecular weight excluding hydrogens is 443 g/mol. The number of hydrogen-bond donors (Lipinski definition) is 3. The summed E-state index contributed by atoms with van der Waals surface area (Å²) in [5.74, 6) is -2.59. The van der Waals surface area contributed by atoms with E-state index >= 15 is 0 Å². The van der Waals surface area contributed by atoms with Crippen LogP contribution < -0.4 is 5.32 Å². The molecule has 0 saturated carbocycles. The van der Waals surface area contributed by atoms with Crippen molar-refractivity contribution in [3.8, 4) is 5.75 Å². The van der Waals surface area contributed by atoms with Crippen LogP contribution in [0.25, 0.3) is 6.08 Å². The van der Waals surface area contributed by atoms with E-state index in [1.807, 2.05) is 0 Å². The van der Waals surface area contributed by atoms with E-state index in [1.165, 1.54) is 29.2 Å². The first-order valence-corrected chi connectivity index (χ1v) is 10.3. The number of phenols is 1. The molecule has 1 saturated heterocycles. The zero-order valence-corrected chi connectivity index (χ0v) is 17.6. The minimum atomic E-state index is -1.28. The van der Waals surface area contributed by atoms with Crippen molar-refractivity contribution in [3.63, 3.8) is 0 Å². The van der Waals surface area contributed by atoms with Crippen LogP contribution in [0, 0.1) is 5.82 Å². The van der Waals surface area contributed by atoms with Crippen LogP contribution in [-0.4, -0.2) is 43.8 Å². The Morgan fingerprint density at radius 2 is 1.90 bits per heavy atom. The number of hydrogen-bond acceptors (Lipinski definition) is 6. The van der Waals surface area contributed by atoms with Crippen LogP contribution in [0.3, 0.4) is 0 Å². The fraction of sp³-hybridized carbons (Fsp3) is 0.143. The summed E-state index contributed by atoms with van der Waals surface area (Å²) in [5, 5.41) is 21.1. The Kier molecular flexibility index (Phi) is 7.03. The molecule has 0 unspecified atom stereocenters. The highest BCUT2D eigenvalue weighted by atomic mass is 32.2. The highest BCUT2D eigenvalue weighted by molar-refractivity contribution is 8.26. The third kappa shape index (κ3) is 5.68. The first-order chi connectivity index (χ1) is 14.7. The van der Waals surface area contributed by atoms with Gasteiger partial charge in [-0.25, -0.2) is 9.18 Å². The topological polar surface area (TPSA) is 107 Å². The van der Waals surface area contributed by atoms with Gasteiger partial charge in [-0.15, -0.1) is 0 Å². The number of carboxylic acids is 1. The van der Waals surface area contributed by atoms with Gasteiger partial charge in [0, 0.05) is 13.0 Å². The van der Waals surface area contributed by atoms with Gasteiger partial charge in [-0.1, -0.05) is 36.1 Å². The van der Waals surface area contributed by atoms with Crippen molar-refractivity contribution in [2.24, 2.45) is 0 Å². The van der Waals surface area contributed by atoms with E-state index in [-0.39, 0.29) is 41.7 Å². The van der Waals surface area contributed by atoms with Gasteiger partial charge >= 0.3 is 5.97 Å². The molecule has 0 aliphatic carbocycles. The molecule has 2 aromatic rings. The Bertz CT molecular complexity index is 1090. The second-order valence-corrected chi connectivity index (χ2v) is 8.25. The lowest BCUT2D eigenvalue weighted by molar-refractivity contribution is -0.122. The van der Waals surface area contributed by atoms with Crippen LogP contribution in [-0.2, 0) is 9.59 Å². The maximum atomic E-state index is 13.0. The number of benzene rings is 2. The quantitative estimate of drug-likeness (QED) is 0.327. The molecule has 3 rings (SSSR count). The molecule has 1 aliphatic heterocycles. The number of anilines is 1. The first-order valence-electron chi connectivity index (χ1n) is 9.11. The molecule has 0 spiro atoms. The van der Waals surface area contributed by atoms with E-state index in [0.29, 0.717) is 21.2 Å². The average Bonchev–Trinajstić information content (AvgIpc) is 2.98. The van der Waals surface area contributed by atoms with Crippen LogP contribution in [0.2, 0.25) is 0 Å². The molecule has 31 heavy (non-hydrogen) atoms. The van der Waals surface area contributed by atoms with Crippen molar-refractivity contribution >= 4 is 57.8 Å². The summed E-state index contributed by atoms with van der Waals surface area (Å²) in [4.78, 5) is 37.8. The maximum absolute atomic E-state index is 13.0. The van der Waals surface area contributed by atoms with Gasteiger partial charge in [-0.2, -0.15) is 0 Å². The fourth-order valence-corrected chi connectivity index (χ4v) is 4.14. The van der Waals surface area contributed by atoms with Gasteiger partial charge < -0.3 is 15.5 Å². The van der Waals surface area contributed by atoms with Gasteiger partial charge in [0.15, 0.2) is 0 Å². The Balaban J connectivity index is 1.56. The standard InChI is InChI=1S/C21H17FN2O5S2/c22-13-5-3-12(4-6-13)10-17-19(27)24(21(30)31-17)9-1-2-18(26)23-16-8-7-14(25)11-15(16)20(28)29/h3-8,10-11,25H,1-2,9H2,(H,23,26)(H,28,29). The lowest BCUT2D eigenvalue weighted by Gasteiger charge is -2.14. The number of nitrogens with one attached hydrogen (secondary N) is 1. The van der Waals surface area contributed by atoms with Crippen molar-refractivity contribution in [1.29, 1.82) is 0 Å². The van der Waals surface area contributed by atoms with E-state index in [4.69, 9.17) is 12.2 Å². The zero-order chi connectivity index (χ0) is 22.5. The number of thiocarbonyl (C=S) groups is 1. The smallest absolute Gasteiger partial charge is 0.337 e. The van der Waals surface area contributed by atoms with Gasteiger partial charge in [-0.3, -0.25) is 14.5 Å². The summed E-state index contributed by atoms with van der Waals surface area (Å²) in [7, 11) is 0. The molecule has 3 N–H and O–H groups in total. The Labute approximate surface area is 186 Å². The number of aromatic hydroxyl groups is 1. The van der Waals surface area contributed by atoms with Gasteiger partial charge in [0.05, 0.1) is 16.2 Å². The number of thioether (sulfide) groups is 1. The lowest BCUT2D eigenvalue weighted by atomic mass is 10.1. The molecule has 7 nitrogen and oxygen atoms in total.